The first kappa shape index (κ1) is 17.7. The minimum Gasteiger partial charge on any atom is -0.310 e. The SMILES string of the molecule is Cc1ccc(C(=O)[C@@H]2CC(=O)Nc3c2c(C)nn3-c2ccc(C)c(C)c2)s1. The maximum Gasteiger partial charge on any atom is 0.226 e. The number of nitrogens with one attached hydrogen (secondary N) is 1. The molecule has 1 aliphatic rings. The lowest BCUT2D eigenvalue weighted by Crippen LogP contribution is -2.28. The van der Waals surface area contributed by atoms with Gasteiger partial charge in [0.25, 0.3) is 0 Å². The Kier molecular flexibility index (Phi) is 4.23. The molecule has 0 saturated carbocycles. The summed E-state index contributed by atoms with van der Waals surface area (Å²) in [5, 5.41) is 7.59. The van der Waals surface area contributed by atoms with Crippen LogP contribution in [-0.2, 0) is 4.79 Å². The third-order valence-corrected chi connectivity index (χ3v) is 6.15. The average molecular weight is 379 g/mol. The number of carbonyl (C=O) groups is 2. The molecule has 0 radical (unpaired) electrons. The van der Waals surface area contributed by atoms with Gasteiger partial charge in [0.15, 0.2) is 5.78 Å². The second-order valence-corrected chi connectivity index (χ2v) is 8.40. The van der Waals surface area contributed by atoms with Crippen molar-refractivity contribution in [2.45, 2.75) is 40.0 Å². The van der Waals surface area contributed by atoms with Crippen LogP contribution in [0.4, 0.5) is 5.82 Å². The Hall–Kier alpha value is -2.73. The fraction of sp³-hybridized carbons (Fsp3) is 0.286. The van der Waals surface area contributed by atoms with Crippen molar-refractivity contribution < 1.29 is 9.59 Å². The zero-order chi connectivity index (χ0) is 19.3. The first-order valence-corrected chi connectivity index (χ1v) is 9.74. The molecule has 0 saturated heterocycles. The number of thiophene rings is 1. The van der Waals surface area contributed by atoms with Crippen LogP contribution >= 0.6 is 11.3 Å². The molecule has 0 spiro atoms. The molecule has 1 N–H and O–H groups in total. The van der Waals surface area contributed by atoms with Crippen LogP contribution in [-0.4, -0.2) is 21.5 Å². The summed E-state index contributed by atoms with van der Waals surface area (Å²) in [5.41, 5.74) is 4.82. The largest absolute Gasteiger partial charge is 0.310 e. The van der Waals surface area contributed by atoms with Gasteiger partial charge < -0.3 is 5.32 Å². The zero-order valence-corrected chi connectivity index (χ0v) is 16.6. The van der Waals surface area contributed by atoms with Crippen LogP contribution in [0, 0.1) is 27.7 Å². The monoisotopic (exact) mass is 379 g/mol. The van der Waals surface area contributed by atoms with Crippen LogP contribution < -0.4 is 5.32 Å². The lowest BCUT2D eigenvalue weighted by Gasteiger charge is -2.22. The van der Waals surface area contributed by atoms with Crippen molar-refractivity contribution in [2.75, 3.05) is 5.32 Å². The van der Waals surface area contributed by atoms with E-state index in [0.717, 1.165) is 27.4 Å². The summed E-state index contributed by atoms with van der Waals surface area (Å²) in [7, 11) is 0. The van der Waals surface area contributed by atoms with Gasteiger partial charge in [0.1, 0.15) is 5.82 Å². The zero-order valence-electron chi connectivity index (χ0n) is 15.8. The topological polar surface area (TPSA) is 64.0 Å². The number of hydrogen-bond donors (Lipinski definition) is 1. The Morgan fingerprint density at radius 2 is 1.93 bits per heavy atom. The number of fused-ring (bicyclic) bond motifs is 1. The fourth-order valence-corrected chi connectivity index (χ4v) is 4.42. The van der Waals surface area contributed by atoms with Gasteiger partial charge in [-0.3, -0.25) is 9.59 Å². The van der Waals surface area contributed by atoms with E-state index in [1.165, 1.54) is 16.9 Å². The van der Waals surface area contributed by atoms with E-state index >= 15 is 0 Å². The first-order valence-electron chi connectivity index (χ1n) is 8.93. The van der Waals surface area contributed by atoms with Crippen molar-refractivity contribution in [3.05, 3.63) is 62.5 Å². The molecule has 2 aromatic heterocycles. The molecule has 1 aromatic carbocycles. The summed E-state index contributed by atoms with van der Waals surface area (Å²) in [6.45, 7) is 7.98. The Bertz CT molecular complexity index is 1080. The van der Waals surface area contributed by atoms with E-state index in [1.54, 1.807) is 4.68 Å². The normalized spacial score (nSPS) is 16.1. The summed E-state index contributed by atoms with van der Waals surface area (Å²) in [6, 6.07) is 9.85. The molecule has 3 heterocycles. The van der Waals surface area contributed by atoms with Crippen molar-refractivity contribution in [1.82, 2.24) is 9.78 Å². The minimum absolute atomic E-state index is 0.00747. The predicted molar refractivity (Wildman–Crippen MR) is 107 cm³/mol. The van der Waals surface area contributed by atoms with E-state index in [-0.39, 0.29) is 18.1 Å². The van der Waals surface area contributed by atoms with Crippen molar-refractivity contribution in [1.29, 1.82) is 0 Å². The third-order valence-electron chi connectivity index (χ3n) is 5.14. The van der Waals surface area contributed by atoms with Crippen molar-refractivity contribution in [3.63, 3.8) is 0 Å². The molecular formula is C21H21N3O2S. The number of aryl methyl sites for hydroxylation is 4. The highest BCUT2D eigenvalue weighted by molar-refractivity contribution is 7.14. The second kappa shape index (κ2) is 6.46. The Labute approximate surface area is 162 Å². The molecule has 3 aromatic rings. The second-order valence-electron chi connectivity index (χ2n) is 7.11. The molecule has 1 amide bonds. The van der Waals surface area contributed by atoms with E-state index in [4.69, 9.17) is 0 Å². The molecule has 1 aliphatic heterocycles. The van der Waals surface area contributed by atoms with Crippen LogP contribution in [0.1, 0.15) is 49.3 Å². The molecule has 0 fully saturated rings. The number of Topliss-reactive ketones (excluding diaryl/α,β-unsaturated/α-hetero) is 1. The van der Waals surface area contributed by atoms with Gasteiger partial charge in [0.2, 0.25) is 5.91 Å². The molecule has 138 valence electrons. The molecular weight excluding hydrogens is 358 g/mol. The van der Waals surface area contributed by atoms with Gasteiger partial charge in [-0.25, -0.2) is 4.68 Å². The molecule has 0 unspecified atom stereocenters. The number of ketones is 1. The third kappa shape index (κ3) is 3.00. The average Bonchev–Trinajstić information content (AvgIpc) is 3.20. The fourth-order valence-electron chi connectivity index (χ4n) is 3.55. The number of amides is 1. The quantitative estimate of drug-likeness (QED) is 0.683. The van der Waals surface area contributed by atoms with E-state index in [9.17, 15) is 9.59 Å². The van der Waals surface area contributed by atoms with Gasteiger partial charge in [0, 0.05) is 16.9 Å². The smallest absolute Gasteiger partial charge is 0.226 e. The summed E-state index contributed by atoms with van der Waals surface area (Å²) >= 11 is 1.47. The highest BCUT2D eigenvalue weighted by Crippen LogP contribution is 2.39. The lowest BCUT2D eigenvalue weighted by molar-refractivity contribution is -0.116. The van der Waals surface area contributed by atoms with Gasteiger partial charge in [-0.2, -0.15) is 5.10 Å². The summed E-state index contributed by atoms with van der Waals surface area (Å²) in [4.78, 5) is 27.3. The van der Waals surface area contributed by atoms with Gasteiger partial charge in [-0.05, 0) is 63.1 Å². The van der Waals surface area contributed by atoms with Gasteiger partial charge >= 0.3 is 0 Å². The predicted octanol–water partition coefficient (Wildman–Crippen LogP) is 4.48. The highest BCUT2D eigenvalue weighted by Gasteiger charge is 2.36. The van der Waals surface area contributed by atoms with Crippen molar-refractivity contribution in [3.8, 4) is 5.69 Å². The molecule has 5 nitrogen and oxygen atoms in total. The standard InChI is InChI=1S/C21H21N3O2S/c1-11-5-7-15(9-12(11)2)24-21-19(14(4)23-24)16(10-18(25)22-21)20(26)17-8-6-13(3)27-17/h5-9,16H,10H2,1-4H3,(H,22,25)/t16-/m1/s1. The maximum atomic E-state index is 13.1. The number of anilines is 1. The van der Waals surface area contributed by atoms with Crippen molar-refractivity contribution >= 4 is 28.8 Å². The number of hydrogen-bond acceptors (Lipinski definition) is 4. The van der Waals surface area contributed by atoms with Gasteiger partial charge in [-0.15, -0.1) is 11.3 Å². The number of carbonyl (C=O) groups excluding carboxylic acids is 2. The Balaban J connectivity index is 1.83. The molecule has 4 rings (SSSR count). The molecule has 27 heavy (non-hydrogen) atoms. The number of benzene rings is 1. The maximum absolute atomic E-state index is 13.1. The number of rotatable bonds is 3. The summed E-state index contributed by atoms with van der Waals surface area (Å²) < 4.78 is 1.74. The van der Waals surface area contributed by atoms with Crippen LogP contribution in [0.3, 0.4) is 0 Å². The molecule has 6 heteroatoms. The van der Waals surface area contributed by atoms with Gasteiger partial charge in [-0.1, -0.05) is 6.07 Å². The van der Waals surface area contributed by atoms with E-state index in [1.807, 2.05) is 51.1 Å². The number of aromatic nitrogens is 2. The van der Waals surface area contributed by atoms with Crippen LogP contribution in [0.5, 0.6) is 0 Å². The van der Waals surface area contributed by atoms with E-state index < -0.39 is 5.92 Å². The van der Waals surface area contributed by atoms with Crippen molar-refractivity contribution in [2.24, 2.45) is 0 Å². The van der Waals surface area contributed by atoms with E-state index in [0.29, 0.717) is 10.7 Å². The minimum atomic E-state index is -0.493. The van der Waals surface area contributed by atoms with Crippen LogP contribution in [0.25, 0.3) is 5.69 Å². The highest BCUT2D eigenvalue weighted by atomic mass is 32.1. The van der Waals surface area contributed by atoms with Crippen LogP contribution in [0.15, 0.2) is 30.3 Å². The van der Waals surface area contributed by atoms with Gasteiger partial charge in [0.05, 0.1) is 22.2 Å². The first-order chi connectivity index (χ1) is 12.8. The molecule has 1 atom stereocenters. The Morgan fingerprint density at radius 3 is 2.59 bits per heavy atom. The summed E-state index contributed by atoms with van der Waals surface area (Å²) in [5.74, 6) is -0.0447. The summed E-state index contributed by atoms with van der Waals surface area (Å²) in [6.07, 6.45) is 0.155. The lowest BCUT2D eigenvalue weighted by atomic mass is 9.87. The molecule has 0 aliphatic carbocycles. The Morgan fingerprint density at radius 1 is 1.15 bits per heavy atom. The van der Waals surface area contributed by atoms with Crippen LogP contribution in [0.2, 0.25) is 0 Å². The number of nitrogens with zero attached hydrogens (tertiary/aromatic N) is 2. The van der Waals surface area contributed by atoms with E-state index in [2.05, 4.69) is 17.3 Å². The molecule has 0 bridgehead atoms.